The third kappa shape index (κ3) is 7.27. The largest absolute Gasteiger partial charge is 0.457 e. The van der Waals surface area contributed by atoms with Crippen LogP contribution < -0.4 is 15.8 Å². The smallest absolute Gasteiger partial charge is 0.246 e. The third-order valence-corrected chi connectivity index (χ3v) is 7.56. The minimum absolute atomic E-state index is 0.00246. The molecule has 214 valence electrons. The van der Waals surface area contributed by atoms with E-state index >= 15 is 0 Å². The Morgan fingerprint density at radius 3 is 2.61 bits per heavy atom. The number of likely N-dealkylation sites (N-methyl/N-ethyl adjacent to an activating group) is 1. The topological polar surface area (TPSA) is 130 Å². The van der Waals surface area contributed by atoms with Gasteiger partial charge in [-0.2, -0.15) is 0 Å². The number of hydrogen-bond donors (Lipinski definition) is 3. The number of nitrogens with one attached hydrogen (secondary N) is 2. The maximum atomic E-state index is 12.8. The number of rotatable bonds is 10. The number of aromatic nitrogens is 2. The van der Waals surface area contributed by atoms with Crippen molar-refractivity contribution in [3.8, 4) is 11.5 Å². The van der Waals surface area contributed by atoms with E-state index in [0.29, 0.717) is 41.8 Å². The number of nitrogens with zero attached hydrogens (tertiary/aromatic N) is 4. The number of carbonyl (C=O) groups excluding carboxylic acids is 1. The number of nitrogens with two attached hydrogens (primary N) is 1. The zero-order chi connectivity index (χ0) is 28.6. The van der Waals surface area contributed by atoms with E-state index < -0.39 is 0 Å². The Labute approximate surface area is 240 Å². The van der Waals surface area contributed by atoms with Gasteiger partial charge in [0.2, 0.25) is 5.91 Å². The van der Waals surface area contributed by atoms with Crippen LogP contribution in [0.3, 0.4) is 0 Å². The summed E-state index contributed by atoms with van der Waals surface area (Å²) in [6.45, 7) is 3.52. The van der Waals surface area contributed by atoms with Gasteiger partial charge in [0.05, 0.1) is 11.3 Å². The minimum Gasteiger partial charge on any atom is -0.457 e. The van der Waals surface area contributed by atoms with Gasteiger partial charge in [0.15, 0.2) is 0 Å². The van der Waals surface area contributed by atoms with Gasteiger partial charge in [-0.15, -0.1) is 0 Å². The zero-order valence-electron chi connectivity index (χ0n) is 23.3. The molecule has 41 heavy (non-hydrogen) atoms. The number of anilines is 2. The molecule has 3 heterocycles. The molecule has 2 aliphatic heterocycles. The maximum Gasteiger partial charge on any atom is 0.246 e. The quantitative estimate of drug-likeness (QED) is 0.253. The minimum atomic E-state index is -0.0141. The van der Waals surface area contributed by atoms with Crippen molar-refractivity contribution in [3.05, 3.63) is 84.2 Å². The first-order valence-corrected chi connectivity index (χ1v) is 14.0. The van der Waals surface area contributed by atoms with Gasteiger partial charge in [-0.3, -0.25) is 15.1 Å². The van der Waals surface area contributed by atoms with Crippen molar-refractivity contribution >= 4 is 23.3 Å². The van der Waals surface area contributed by atoms with E-state index in [9.17, 15) is 4.79 Å². The number of benzene rings is 2. The molecule has 2 aromatic carbocycles. The number of para-hydroxylation sites is 1. The van der Waals surface area contributed by atoms with Gasteiger partial charge in [-0.25, -0.2) is 9.97 Å². The van der Waals surface area contributed by atoms with Crippen LogP contribution >= 0.6 is 0 Å². The second-order valence-corrected chi connectivity index (χ2v) is 10.4. The fourth-order valence-corrected chi connectivity index (χ4v) is 5.19. The van der Waals surface area contributed by atoms with Crippen LogP contribution in [0.5, 0.6) is 11.5 Å². The first-order chi connectivity index (χ1) is 20.0. The maximum absolute atomic E-state index is 12.8. The molecule has 2 aliphatic rings. The first-order valence-electron chi connectivity index (χ1n) is 14.0. The monoisotopic (exact) mass is 555 g/mol. The van der Waals surface area contributed by atoms with E-state index in [1.807, 2.05) is 65.6 Å². The van der Waals surface area contributed by atoms with E-state index in [1.165, 1.54) is 6.33 Å². The molecule has 1 atom stereocenters. The molecule has 1 amide bonds. The summed E-state index contributed by atoms with van der Waals surface area (Å²) in [6, 6.07) is 17.3. The third-order valence-electron chi connectivity index (χ3n) is 7.56. The van der Waals surface area contributed by atoms with Crippen LogP contribution in [0.15, 0.2) is 73.1 Å². The number of nitrogen functional groups attached to an aromatic ring is 1. The molecule has 2 fully saturated rings. The molecule has 0 saturated carbocycles. The lowest BCUT2D eigenvalue weighted by atomic mass is 10.0. The first kappa shape index (κ1) is 28.3. The predicted octanol–water partition coefficient (Wildman–Crippen LogP) is 3.95. The number of carbonyl (C=O) groups is 1. The molecule has 0 aliphatic carbocycles. The highest BCUT2D eigenvalue weighted by Gasteiger charge is 2.27. The lowest BCUT2D eigenvalue weighted by Crippen LogP contribution is -2.36. The second kappa shape index (κ2) is 13.4. The van der Waals surface area contributed by atoms with Crippen LogP contribution in [0.1, 0.15) is 30.4 Å². The summed E-state index contributed by atoms with van der Waals surface area (Å²) in [5.41, 5.74) is 7.54. The molecule has 0 radical (unpaired) electrons. The Morgan fingerprint density at radius 1 is 1.12 bits per heavy atom. The highest BCUT2D eigenvalue weighted by atomic mass is 16.5. The van der Waals surface area contributed by atoms with E-state index in [1.54, 1.807) is 6.08 Å². The molecule has 2 saturated heterocycles. The van der Waals surface area contributed by atoms with Crippen molar-refractivity contribution in [2.75, 3.05) is 50.9 Å². The van der Waals surface area contributed by atoms with Gasteiger partial charge in [-0.05, 0) is 62.7 Å². The molecule has 10 heteroatoms. The summed E-state index contributed by atoms with van der Waals surface area (Å²) >= 11 is 0. The fraction of sp³-hybridized carbons (Fsp3) is 0.355. The highest BCUT2D eigenvalue weighted by molar-refractivity contribution is 6.16. The van der Waals surface area contributed by atoms with Gasteiger partial charge in [-0.1, -0.05) is 24.3 Å². The molecule has 0 unspecified atom stereocenters. The van der Waals surface area contributed by atoms with E-state index in [0.717, 1.165) is 44.8 Å². The summed E-state index contributed by atoms with van der Waals surface area (Å²) in [5, 5.41) is 12.3. The van der Waals surface area contributed by atoms with Crippen LogP contribution in [0.25, 0.3) is 0 Å². The Balaban J connectivity index is 1.18. The van der Waals surface area contributed by atoms with Gasteiger partial charge in [0.25, 0.3) is 0 Å². The van der Waals surface area contributed by atoms with Crippen molar-refractivity contribution < 1.29 is 14.3 Å². The molecule has 4 N–H and O–H groups in total. The molecular weight excluding hydrogens is 518 g/mol. The average Bonchev–Trinajstić information content (AvgIpc) is 3.47. The SMILES string of the molecule is CN(C/C=C/C(=O)N1CC[C@@H](Nc2ncnc(N)c2C(=N)c2ccc(Oc3ccccc3)cc2)C1)C1CCOCC1. The summed E-state index contributed by atoms with van der Waals surface area (Å²) in [7, 11) is 2.09. The van der Waals surface area contributed by atoms with Crippen molar-refractivity contribution in [2.45, 2.75) is 31.3 Å². The normalized spacial score (nSPS) is 17.7. The van der Waals surface area contributed by atoms with E-state index in [-0.39, 0.29) is 23.5 Å². The molecule has 0 spiro atoms. The second-order valence-electron chi connectivity index (χ2n) is 10.4. The highest BCUT2D eigenvalue weighted by Crippen LogP contribution is 2.26. The number of hydrogen-bond acceptors (Lipinski definition) is 9. The lowest BCUT2D eigenvalue weighted by Gasteiger charge is -2.30. The zero-order valence-corrected chi connectivity index (χ0v) is 23.3. The summed E-state index contributed by atoms with van der Waals surface area (Å²) in [4.78, 5) is 25.5. The van der Waals surface area contributed by atoms with E-state index in [4.69, 9.17) is 20.6 Å². The number of amides is 1. The van der Waals surface area contributed by atoms with Crippen LogP contribution in [-0.2, 0) is 9.53 Å². The predicted molar refractivity (Wildman–Crippen MR) is 160 cm³/mol. The van der Waals surface area contributed by atoms with Crippen LogP contribution in [0.4, 0.5) is 11.6 Å². The molecular formula is C31H37N7O3. The van der Waals surface area contributed by atoms with Gasteiger partial charge in [0.1, 0.15) is 29.5 Å². The molecule has 10 nitrogen and oxygen atoms in total. The number of ether oxygens (including phenoxy) is 2. The van der Waals surface area contributed by atoms with Crippen molar-refractivity contribution in [1.29, 1.82) is 5.41 Å². The molecule has 0 bridgehead atoms. The van der Waals surface area contributed by atoms with E-state index in [2.05, 4.69) is 27.2 Å². The van der Waals surface area contributed by atoms with Crippen LogP contribution in [-0.4, -0.2) is 83.4 Å². The Kier molecular flexibility index (Phi) is 9.22. The Bertz CT molecular complexity index is 1360. The Hall–Kier alpha value is -4.28. The summed E-state index contributed by atoms with van der Waals surface area (Å²) in [5.74, 6) is 2.12. The summed E-state index contributed by atoms with van der Waals surface area (Å²) < 4.78 is 11.3. The van der Waals surface area contributed by atoms with Crippen molar-refractivity contribution in [3.63, 3.8) is 0 Å². The molecule has 1 aromatic heterocycles. The molecule has 5 rings (SSSR count). The van der Waals surface area contributed by atoms with Gasteiger partial charge >= 0.3 is 0 Å². The fourth-order valence-electron chi connectivity index (χ4n) is 5.19. The van der Waals surface area contributed by atoms with Gasteiger partial charge in [0, 0.05) is 56.6 Å². The van der Waals surface area contributed by atoms with Crippen molar-refractivity contribution in [1.82, 2.24) is 19.8 Å². The number of likely N-dealkylation sites (tertiary alicyclic amines) is 1. The average molecular weight is 556 g/mol. The molecule has 3 aromatic rings. The summed E-state index contributed by atoms with van der Waals surface area (Å²) in [6.07, 6.45) is 7.83. The Morgan fingerprint density at radius 2 is 1.85 bits per heavy atom. The lowest BCUT2D eigenvalue weighted by molar-refractivity contribution is -0.125. The van der Waals surface area contributed by atoms with Crippen LogP contribution in [0, 0.1) is 5.41 Å². The van der Waals surface area contributed by atoms with Gasteiger partial charge < -0.3 is 25.4 Å². The van der Waals surface area contributed by atoms with Crippen LogP contribution in [0.2, 0.25) is 0 Å². The standard InChI is InChI=1S/C31H37N7O3/c1-37(24-14-18-40-19-15-24)16-5-8-27(39)38-17-13-23(20-38)36-31-28(30(33)34-21-35-31)29(32)22-9-11-26(12-10-22)41-25-6-3-2-4-7-25/h2-12,21,23-24,32H,13-20H2,1H3,(H3,33,34,35,36)/b8-5+,32-29?/t23-/m1/s1. The van der Waals surface area contributed by atoms with Crippen molar-refractivity contribution in [2.24, 2.45) is 0 Å².